The molecule has 0 aromatic heterocycles. The van der Waals surface area contributed by atoms with Crippen LogP contribution in [0.4, 0.5) is 0 Å². The maximum Gasteiger partial charge on any atom is 0.312 e. The van der Waals surface area contributed by atoms with Crippen molar-refractivity contribution in [3.8, 4) is 0 Å². The van der Waals surface area contributed by atoms with Crippen LogP contribution in [0.3, 0.4) is 0 Å². The van der Waals surface area contributed by atoms with Crippen molar-refractivity contribution in [1.29, 1.82) is 0 Å². The summed E-state index contributed by atoms with van der Waals surface area (Å²) in [4.78, 5) is 12.0. The minimum absolute atomic E-state index is 0.103. The highest BCUT2D eigenvalue weighted by molar-refractivity contribution is 9.10. The Bertz CT molecular complexity index is 370. The topological polar surface area (TPSA) is 63.3 Å². The molecule has 0 saturated carbocycles. The first-order chi connectivity index (χ1) is 7.11. The number of thioether (sulfide) groups is 1. The van der Waals surface area contributed by atoms with E-state index in [1.54, 1.807) is 0 Å². The van der Waals surface area contributed by atoms with Gasteiger partial charge < -0.3 is 10.8 Å². The molecule has 82 valence electrons. The van der Waals surface area contributed by atoms with E-state index in [1.165, 1.54) is 11.8 Å². The molecular formula is C10H12BrNO2S. The molecule has 1 atom stereocenters. The van der Waals surface area contributed by atoms with Gasteiger partial charge in [-0.15, -0.1) is 11.8 Å². The fourth-order valence-electron chi connectivity index (χ4n) is 1.38. The Labute approximate surface area is 101 Å². The molecule has 1 aromatic carbocycles. The summed E-state index contributed by atoms with van der Waals surface area (Å²) in [5, 5.41) is 9.06. The van der Waals surface area contributed by atoms with Gasteiger partial charge in [0.1, 0.15) is 0 Å². The third-order valence-electron chi connectivity index (χ3n) is 2.12. The van der Waals surface area contributed by atoms with Crippen LogP contribution in [-0.2, 0) is 4.79 Å². The standard InChI is InChI=1S/C10H12BrNO2S/c1-15-8-4-2-3-7(11)9(8)6(5-12)10(13)14/h2-4,6H,5,12H2,1H3,(H,13,14). The number of hydrogen-bond acceptors (Lipinski definition) is 3. The van der Waals surface area contributed by atoms with Gasteiger partial charge in [-0.2, -0.15) is 0 Å². The molecule has 1 rings (SSSR count). The normalized spacial score (nSPS) is 12.5. The lowest BCUT2D eigenvalue weighted by Crippen LogP contribution is -2.22. The molecule has 5 heteroatoms. The quantitative estimate of drug-likeness (QED) is 0.835. The Morgan fingerprint density at radius 3 is 2.80 bits per heavy atom. The highest BCUT2D eigenvalue weighted by Crippen LogP contribution is 2.33. The molecule has 0 aliphatic heterocycles. The second kappa shape index (κ2) is 5.53. The van der Waals surface area contributed by atoms with Crippen molar-refractivity contribution in [3.63, 3.8) is 0 Å². The molecule has 1 unspecified atom stereocenters. The van der Waals surface area contributed by atoms with E-state index in [4.69, 9.17) is 10.8 Å². The molecule has 0 aliphatic carbocycles. The van der Waals surface area contributed by atoms with Crippen molar-refractivity contribution in [3.05, 3.63) is 28.2 Å². The van der Waals surface area contributed by atoms with Gasteiger partial charge in [-0.3, -0.25) is 4.79 Å². The average Bonchev–Trinajstić information content (AvgIpc) is 2.21. The molecule has 15 heavy (non-hydrogen) atoms. The minimum Gasteiger partial charge on any atom is -0.481 e. The van der Waals surface area contributed by atoms with Crippen LogP contribution < -0.4 is 5.73 Å². The fraction of sp³-hybridized carbons (Fsp3) is 0.300. The lowest BCUT2D eigenvalue weighted by atomic mass is 9.99. The van der Waals surface area contributed by atoms with Crippen LogP contribution in [0.15, 0.2) is 27.6 Å². The molecule has 0 spiro atoms. The zero-order valence-corrected chi connectivity index (χ0v) is 10.6. The molecule has 0 heterocycles. The summed E-state index contributed by atoms with van der Waals surface area (Å²) in [7, 11) is 0. The number of carboxylic acids is 1. The largest absolute Gasteiger partial charge is 0.481 e. The van der Waals surface area contributed by atoms with Crippen molar-refractivity contribution in [2.24, 2.45) is 5.73 Å². The van der Waals surface area contributed by atoms with Gasteiger partial charge in [0.2, 0.25) is 0 Å². The summed E-state index contributed by atoms with van der Waals surface area (Å²) < 4.78 is 0.798. The summed E-state index contributed by atoms with van der Waals surface area (Å²) in [5.74, 6) is -1.54. The lowest BCUT2D eigenvalue weighted by molar-refractivity contribution is -0.138. The van der Waals surface area contributed by atoms with Crippen molar-refractivity contribution in [1.82, 2.24) is 0 Å². The zero-order chi connectivity index (χ0) is 11.4. The number of nitrogens with two attached hydrogens (primary N) is 1. The van der Waals surface area contributed by atoms with Crippen LogP contribution in [0.25, 0.3) is 0 Å². The SMILES string of the molecule is CSc1cccc(Br)c1C(CN)C(=O)O. The summed E-state index contributed by atoms with van der Waals surface area (Å²) in [6.07, 6.45) is 1.92. The average molecular weight is 290 g/mol. The van der Waals surface area contributed by atoms with E-state index in [1.807, 2.05) is 24.5 Å². The van der Waals surface area contributed by atoms with E-state index < -0.39 is 11.9 Å². The molecule has 0 saturated heterocycles. The number of halogens is 1. The lowest BCUT2D eigenvalue weighted by Gasteiger charge is -2.15. The number of aliphatic carboxylic acids is 1. The molecule has 0 radical (unpaired) electrons. The number of hydrogen-bond donors (Lipinski definition) is 2. The van der Waals surface area contributed by atoms with Crippen molar-refractivity contribution < 1.29 is 9.90 Å². The highest BCUT2D eigenvalue weighted by atomic mass is 79.9. The van der Waals surface area contributed by atoms with Gasteiger partial charge >= 0.3 is 5.97 Å². The Kier molecular flexibility index (Phi) is 4.63. The molecule has 0 bridgehead atoms. The van der Waals surface area contributed by atoms with Crippen molar-refractivity contribution in [2.45, 2.75) is 10.8 Å². The molecule has 0 fully saturated rings. The van der Waals surface area contributed by atoms with E-state index in [9.17, 15) is 4.79 Å². The van der Waals surface area contributed by atoms with Gasteiger partial charge in [-0.25, -0.2) is 0 Å². The number of carboxylic acid groups (broad SMARTS) is 1. The summed E-state index contributed by atoms with van der Waals surface area (Å²) in [6, 6.07) is 5.62. The van der Waals surface area contributed by atoms with Crippen LogP contribution in [0.2, 0.25) is 0 Å². The third kappa shape index (κ3) is 2.74. The van der Waals surface area contributed by atoms with Crippen molar-refractivity contribution >= 4 is 33.7 Å². The number of rotatable bonds is 4. The highest BCUT2D eigenvalue weighted by Gasteiger charge is 2.23. The molecule has 0 aliphatic rings. The maximum atomic E-state index is 11.0. The van der Waals surface area contributed by atoms with E-state index in [2.05, 4.69) is 15.9 Å². The molecule has 1 aromatic rings. The molecular weight excluding hydrogens is 278 g/mol. The molecule has 3 N–H and O–H groups in total. The fourth-order valence-corrected chi connectivity index (χ4v) is 2.84. The van der Waals surface area contributed by atoms with Gasteiger partial charge in [-0.05, 0) is 24.0 Å². The Morgan fingerprint density at radius 1 is 1.67 bits per heavy atom. The Morgan fingerprint density at radius 2 is 2.33 bits per heavy atom. The van der Waals surface area contributed by atoms with E-state index in [-0.39, 0.29) is 6.54 Å². The second-order valence-electron chi connectivity index (χ2n) is 2.98. The van der Waals surface area contributed by atoms with Crippen LogP contribution in [-0.4, -0.2) is 23.9 Å². The van der Waals surface area contributed by atoms with Gasteiger partial charge in [-0.1, -0.05) is 22.0 Å². The van der Waals surface area contributed by atoms with E-state index in [0.717, 1.165) is 14.9 Å². The maximum absolute atomic E-state index is 11.0. The second-order valence-corrected chi connectivity index (χ2v) is 4.68. The summed E-state index contributed by atoms with van der Waals surface area (Å²) in [6.45, 7) is 0.103. The van der Waals surface area contributed by atoms with E-state index in [0.29, 0.717) is 0 Å². The number of benzene rings is 1. The summed E-state index contributed by atoms with van der Waals surface area (Å²) >= 11 is 4.89. The molecule has 3 nitrogen and oxygen atoms in total. The molecule has 0 amide bonds. The third-order valence-corrected chi connectivity index (χ3v) is 3.60. The predicted octanol–water partition coefficient (Wildman–Crippen LogP) is 2.30. The van der Waals surface area contributed by atoms with Gasteiger partial charge in [0.25, 0.3) is 0 Å². The van der Waals surface area contributed by atoms with Crippen LogP contribution >= 0.6 is 27.7 Å². The van der Waals surface area contributed by atoms with Gasteiger partial charge in [0.05, 0.1) is 5.92 Å². The van der Waals surface area contributed by atoms with Crippen LogP contribution in [0, 0.1) is 0 Å². The van der Waals surface area contributed by atoms with Crippen LogP contribution in [0.1, 0.15) is 11.5 Å². The first-order valence-corrected chi connectivity index (χ1v) is 6.38. The first kappa shape index (κ1) is 12.5. The monoisotopic (exact) mass is 289 g/mol. The van der Waals surface area contributed by atoms with Gasteiger partial charge in [0.15, 0.2) is 0 Å². The minimum atomic E-state index is -0.889. The van der Waals surface area contributed by atoms with Crippen LogP contribution in [0.5, 0.6) is 0 Å². The van der Waals surface area contributed by atoms with Gasteiger partial charge in [0, 0.05) is 15.9 Å². The summed E-state index contributed by atoms with van der Waals surface area (Å²) in [5.41, 5.74) is 6.25. The Balaban J connectivity index is 3.26. The van der Waals surface area contributed by atoms with Crippen molar-refractivity contribution in [2.75, 3.05) is 12.8 Å². The zero-order valence-electron chi connectivity index (χ0n) is 8.24. The smallest absolute Gasteiger partial charge is 0.312 e. The number of carbonyl (C=O) groups is 1. The predicted molar refractivity (Wildman–Crippen MR) is 65.4 cm³/mol. The van der Waals surface area contributed by atoms with E-state index >= 15 is 0 Å². The first-order valence-electron chi connectivity index (χ1n) is 4.37. The Hall–Kier alpha value is -0.520.